The lowest BCUT2D eigenvalue weighted by atomic mass is 10.1. The van der Waals surface area contributed by atoms with Gasteiger partial charge in [-0.05, 0) is 13.3 Å². The van der Waals surface area contributed by atoms with E-state index in [0.717, 1.165) is 0 Å². The Hall–Kier alpha value is -1.40. The average molecular weight is 214 g/mol. The van der Waals surface area contributed by atoms with Crippen LogP contribution in [0.25, 0.3) is 0 Å². The lowest BCUT2D eigenvalue weighted by Crippen LogP contribution is -2.34. The molecule has 2 atom stereocenters. The van der Waals surface area contributed by atoms with Gasteiger partial charge in [-0.3, -0.25) is 14.3 Å². The van der Waals surface area contributed by atoms with Gasteiger partial charge in [-0.15, -0.1) is 0 Å². The molecule has 15 heavy (non-hydrogen) atoms. The summed E-state index contributed by atoms with van der Waals surface area (Å²) in [7, 11) is 0. The number of rotatable bonds is 4. The van der Waals surface area contributed by atoms with Gasteiger partial charge in [0.15, 0.2) is 0 Å². The molecule has 2 unspecified atom stereocenters. The van der Waals surface area contributed by atoms with Gasteiger partial charge in [-0.1, -0.05) is 0 Å². The van der Waals surface area contributed by atoms with Crippen LogP contribution in [0.2, 0.25) is 0 Å². The molecule has 3 N–H and O–H groups in total. The molecule has 0 bridgehead atoms. The van der Waals surface area contributed by atoms with Crippen LogP contribution < -0.4 is 11.2 Å². The standard InChI is InChI=1S/C9H14N2O4/c1-6(13)4-7(5-12)11-3-2-8(14)10-9(11)15/h2-3,6-7,12-13H,4-5H2,1H3,(H,10,14,15). The highest BCUT2D eigenvalue weighted by atomic mass is 16.3. The number of nitrogens with one attached hydrogen (secondary N) is 1. The summed E-state index contributed by atoms with van der Waals surface area (Å²) in [4.78, 5) is 24.2. The van der Waals surface area contributed by atoms with Crippen molar-refractivity contribution < 1.29 is 10.2 Å². The third kappa shape index (κ3) is 3.03. The van der Waals surface area contributed by atoms with E-state index in [2.05, 4.69) is 4.98 Å². The molecule has 0 amide bonds. The largest absolute Gasteiger partial charge is 0.394 e. The number of aliphatic hydroxyl groups excluding tert-OH is 2. The molecule has 0 saturated heterocycles. The van der Waals surface area contributed by atoms with Gasteiger partial charge < -0.3 is 10.2 Å². The minimum absolute atomic E-state index is 0.252. The van der Waals surface area contributed by atoms with Crippen LogP contribution >= 0.6 is 0 Å². The van der Waals surface area contributed by atoms with Crippen molar-refractivity contribution in [3.05, 3.63) is 33.1 Å². The monoisotopic (exact) mass is 214 g/mol. The third-order valence-corrected chi connectivity index (χ3v) is 2.07. The molecule has 1 rings (SSSR count). The van der Waals surface area contributed by atoms with Crippen LogP contribution in [0.15, 0.2) is 21.9 Å². The van der Waals surface area contributed by atoms with Gasteiger partial charge in [0, 0.05) is 12.3 Å². The van der Waals surface area contributed by atoms with E-state index in [4.69, 9.17) is 10.2 Å². The first-order valence-corrected chi connectivity index (χ1v) is 4.65. The molecule has 0 aromatic carbocycles. The molecule has 0 aliphatic heterocycles. The molecule has 1 heterocycles. The second-order valence-electron chi connectivity index (χ2n) is 3.44. The van der Waals surface area contributed by atoms with E-state index < -0.39 is 23.4 Å². The van der Waals surface area contributed by atoms with Crippen LogP contribution in [0, 0.1) is 0 Å². The minimum Gasteiger partial charge on any atom is -0.394 e. The highest BCUT2D eigenvalue weighted by Crippen LogP contribution is 2.09. The summed E-state index contributed by atoms with van der Waals surface area (Å²) in [5.74, 6) is 0. The summed E-state index contributed by atoms with van der Waals surface area (Å²) < 4.78 is 1.20. The van der Waals surface area contributed by atoms with Gasteiger partial charge in [0.25, 0.3) is 5.56 Å². The van der Waals surface area contributed by atoms with Crippen LogP contribution in [0.3, 0.4) is 0 Å². The number of aliphatic hydroxyl groups is 2. The normalized spacial score (nSPS) is 14.9. The zero-order chi connectivity index (χ0) is 11.4. The first kappa shape index (κ1) is 11.7. The minimum atomic E-state index is -0.624. The fraction of sp³-hybridized carbons (Fsp3) is 0.556. The zero-order valence-corrected chi connectivity index (χ0v) is 8.38. The van der Waals surface area contributed by atoms with Crippen molar-refractivity contribution in [3.8, 4) is 0 Å². The van der Waals surface area contributed by atoms with Gasteiger partial charge >= 0.3 is 5.69 Å². The second-order valence-corrected chi connectivity index (χ2v) is 3.44. The number of aromatic amines is 1. The van der Waals surface area contributed by atoms with E-state index in [1.54, 1.807) is 6.92 Å². The topological polar surface area (TPSA) is 95.3 Å². The van der Waals surface area contributed by atoms with E-state index in [-0.39, 0.29) is 13.0 Å². The van der Waals surface area contributed by atoms with Crippen LogP contribution in [-0.4, -0.2) is 32.5 Å². The van der Waals surface area contributed by atoms with Gasteiger partial charge in [-0.2, -0.15) is 0 Å². The fourth-order valence-electron chi connectivity index (χ4n) is 1.38. The Morgan fingerprint density at radius 1 is 1.53 bits per heavy atom. The van der Waals surface area contributed by atoms with Crippen LogP contribution in [-0.2, 0) is 0 Å². The third-order valence-electron chi connectivity index (χ3n) is 2.07. The summed E-state index contributed by atoms with van der Waals surface area (Å²) in [5, 5.41) is 18.2. The predicted octanol–water partition coefficient (Wildman–Crippen LogP) is -1.16. The summed E-state index contributed by atoms with van der Waals surface area (Å²) in [6.45, 7) is 1.30. The Bertz CT molecular complexity index is 421. The second kappa shape index (κ2) is 4.90. The van der Waals surface area contributed by atoms with Crippen molar-refractivity contribution in [2.24, 2.45) is 0 Å². The number of hydrogen-bond donors (Lipinski definition) is 3. The molecule has 84 valence electrons. The van der Waals surface area contributed by atoms with E-state index >= 15 is 0 Å². The van der Waals surface area contributed by atoms with Crippen molar-refractivity contribution in [2.75, 3.05) is 6.61 Å². The zero-order valence-electron chi connectivity index (χ0n) is 8.38. The van der Waals surface area contributed by atoms with Crippen LogP contribution in [0.4, 0.5) is 0 Å². The maximum Gasteiger partial charge on any atom is 0.328 e. The van der Waals surface area contributed by atoms with Crippen molar-refractivity contribution in [1.82, 2.24) is 9.55 Å². The van der Waals surface area contributed by atoms with E-state index in [9.17, 15) is 9.59 Å². The summed E-state index contributed by atoms with van der Waals surface area (Å²) in [5.41, 5.74) is -1.06. The molecule has 0 aliphatic rings. The Labute approximate surface area is 85.8 Å². The first-order valence-electron chi connectivity index (χ1n) is 4.65. The fourth-order valence-corrected chi connectivity index (χ4v) is 1.38. The lowest BCUT2D eigenvalue weighted by molar-refractivity contribution is 0.130. The highest BCUT2D eigenvalue weighted by molar-refractivity contribution is 4.86. The predicted molar refractivity (Wildman–Crippen MR) is 53.7 cm³/mol. The molecular weight excluding hydrogens is 200 g/mol. The van der Waals surface area contributed by atoms with E-state index in [0.29, 0.717) is 0 Å². The average Bonchev–Trinajstić information content (AvgIpc) is 2.14. The first-order chi connectivity index (χ1) is 7.04. The molecule has 0 fully saturated rings. The van der Waals surface area contributed by atoms with Crippen molar-refractivity contribution in [2.45, 2.75) is 25.5 Å². The molecule has 0 spiro atoms. The molecule has 0 radical (unpaired) electrons. The molecule has 1 aromatic heterocycles. The van der Waals surface area contributed by atoms with Crippen LogP contribution in [0.5, 0.6) is 0 Å². The number of H-pyrrole nitrogens is 1. The molecule has 6 nitrogen and oxygen atoms in total. The number of aromatic nitrogens is 2. The van der Waals surface area contributed by atoms with Gasteiger partial charge in [0.1, 0.15) is 0 Å². The van der Waals surface area contributed by atoms with Crippen LogP contribution in [0.1, 0.15) is 19.4 Å². The van der Waals surface area contributed by atoms with E-state index in [1.807, 2.05) is 0 Å². The molecule has 6 heteroatoms. The number of hydrogen-bond acceptors (Lipinski definition) is 4. The molecule has 0 aliphatic carbocycles. The SMILES string of the molecule is CC(O)CC(CO)n1ccc(=O)[nH]c1=O. The van der Waals surface area contributed by atoms with Crippen molar-refractivity contribution in [3.63, 3.8) is 0 Å². The van der Waals surface area contributed by atoms with Gasteiger partial charge in [-0.25, -0.2) is 4.79 Å². The quantitative estimate of drug-likeness (QED) is 0.589. The Kier molecular flexibility index (Phi) is 3.81. The smallest absolute Gasteiger partial charge is 0.328 e. The maximum absolute atomic E-state index is 11.3. The van der Waals surface area contributed by atoms with Crippen molar-refractivity contribution >= 4 is 0 Å². The lowest BCUT2D eigenvalue weighted by Gasteiger charge is -2.17. The Balaban J connectivity index is 3.02. The van der Waals surface area contributed by atoms with Gasteiger partial charge in [0.05, 0.1) is 18.8 Å². The molecule has 0 saturated carbocycles. The summed E-state index contributed by atoms with van der Waals surface area (Å²) in [6, 6.07) is 0.681. The molecular formula is C9H14N2O4. The maximum atomic E-state index is 11.3. The van der Waals surface area contributed by atoms with E-state index in [1.165, 1.54) is 16.8 Å². The summed E-state index contributed by atoms with van der Waals surface area (Å²) in [6.07, 6.45) is 0.938. The van der Waals surface area contributed by atoms with Crippen molar-refractivity contribution in [1.29, 1.82) is 0 Å². The Morgan fingerprint density at radius 2 is 2.20 bits per heavy atom. The highest BCUT2D eigenvalue weighted by Gasteiger charge is 2.13. The molecule has 1 aromatic rings. The van der Waals surface area contributed by atoms with Gasteiger partial charge in [0.2, 0.25) is 0 Å². The Morgan fingerprint density at radius 3 is 2.67 bits per heavy atom. The number of nitrogens with zero attached hydrogens (tertiary/aromatic N) is 1. The summed E-state index contributed by atoms with van der Waals surface area (Å²) >= 11 is 0.